The van der Waals surface area contributed by atoms with Gasteiger partial charge in [0.05, 0.1) is 30.0 Å². The first-order valence-corrected chi connectivity index (χ1v) is 7.89. The maximum Gasteiger partial charge on any atom is 0.254 e. The van der Waals surface area contributed by atoms with E-state index < -0.39 is 11.7 Å². The number of halogens is 2. The second kappa shape index (κ2) is 7.19. The number of amides is 1. The summed E-state index contributed by atoms with van der Waals surface area (Å²) in [5, 5.41) is 9.26. The molecule has 128 valence electrons. The van der Waals surface area contributed by atoms with Gasteiger partial charge < -0.3 is 14.8 Å². The van der Waals surface area contributed by atoms with E-state index >= 15 is 0 Å². The molecule has 2 N–H and O–H groups in total. The highest BCUT2D eigenvalue weighted by atomic mass is 35.5. The fourth-order valence-electron chi connectivity index (χ4n) is 2.79. The van der Waals surface area contributed by atoms with Crippen molar-refractivity contribution in [1.29, 1.82) is 0 Å². The second-order valence-electron chi connectivity index (χ2n) is 5.55. The zero-order valence-corrected chi connectivity index (χ0v) is 13.8. The van der Waals surface area contributed by atoms with Crippen molar-refractivity contribution in [2.45, 2.75) is 12.5 Å². The molecule has 1 saturated heterocycles. The van der Waals surface area contributed by atoms with Crippen molar-refractivity contribution in [3.63, 3.8) is 0 Å². The molecule has 3 rings (SSSR count). The minimum Gasteiger partial charge on any atom is -0.497 e. The number of rotatable bonds is 5. The highest BCUT2D eigenvalue weighted by molar-refractivity contribution is 6.31. The van der Waals surface area contributed by atoms with Crippen LogP contribution in [0.5, 0.6) is 5.75 Å². The number of benzene rings is 1. The molecule has 1 aliphatic heterocycles. The molecule has 2 heterocycles. The molecule has 1 aromatic carbocycles. The minimum atomic E-state index is -0.760. The number of carbonyl (C=O) groups is 1. The first kappa shape index (κ1) is 16.7. The molecular weight excluding hydrogens is 337 g/mol. The summed E-state index contributed by atoms with van der Waals surface area (Å²) in [6.45, 7) is 0.971. The van der Waals surface area contributed by atoms with E-state index in [1.165, 1.54) is 19.2 Å². The molecule has 1 aromatic heterocycles. The fraction of sp³-hybridized carbons (Fsp3) is 0.375. The van der Waals surface area contributed by atoms with Gasteiger partial charge in [0.25, 0.3) is 5.91 Å². The number of hydrogen-bond donors (Lipinski definition) is 2. The molecule has 0 unspecified atom stereocenters. The summed E-state index contributed by atoms with van der Waals surface area (Å²) in [6, 6.07) is 2.66. The number of H-pyrrole nitrogens is 1. The number of aromatic nitrogens is 2. The Morgan fingerprint density at radius 2 is 2.42 bits per heavy atom. The van der Waals surface area contributed by atoms with Crippen molar-refractivity contribution in [3.8, 4) is 5.75 Å². The second-order valence-corrected chi connectivity index (χ2v) is 5.96. The van der Waals surface area contributed by atoms with Crippen LogP contribution >= 0.6 is 11.6 Å². The van der Waals surface area contributed by atoms with Gasteiger partial charge in [0.15, 0.2) is 5.82 Å². The van der Waals surface area contributed by atoms with Crippen LogP contribution in [-0.2, 0) is 4.74 Å². The third-order valence-corrected chi connectivity index (χ3v) is 4.34. The summed E-state index contributed by atoms with van der Waals surface area (Å²) in [7, 11) is 1.43. The summed E-state index contributed by atoms with van der Waals surface area (Å²) in [5.74, 6) is -0.877. The van der Waals surface area contributed by atoms with E-state index in [2.05, 4.69) is 15.5 Å². The third kappa shape index (κ3) is 3.37. The monoisotopic (exact) mass is 353 g/mol. The lowest BCUT2D eigenvalue weighted by atomic mass is 9.97. The van der Waals surface area contributed by atoms with Crippen molar-refractivity contribution in [1.82, 2.24) is 15.5 Å². The van der Waals surface area contributed by atoms with Crippen LogP contribution in [0.2, 0.25) is 5.02 Å². The lowest BCUT2D eigenvalue weighted by molar-refractivity contribution is 0.0844. The minimum absolute atomic E-state index is 0.0932. The lowest BCUT2D eigenvalue weighted by Crippen LogP contribution is -2.31. The average molecular weight is 354 g/mol. The molecule has 0 saturated carbocycles. The number of nitrogens with one attached hydrogen (secondary N) is 2. The molecular formula is C16H17ClFN3O3. The van der Waals surface area contributed by atoms with E-state index in [1.54, 1.807) is 12.4 Å². The molecule has 8 heteroatoms. The Labute approximate surface area is 143 Å². The molecule has 0 radical (unpaired) electrons. The molecule has 24 heavy (non-hydrogen) atoms. The van der Waals surface area contributed by atoms with Crippen LogP contribution in [0.3, 0.4) is 0 Å². The van der Waals surface area contributed by atoms with Gasteiger partial charge in [0.1, 0.15) is 5.75 Å². The lowest BCUT2D eigenvalue weighted by Gasteiger charge is -2.18. The molecule has 6 nitrogen and oxygen atoms in total. The summed E-state index contributed by atoms with van der Waals surface area (Å²) < 4.78 is 24.8. The number of ether oxygens (including phenoxy) is 2. The summed E-state index contributed by atoms with van der Waals surface area (Å²) in [6.07, 6.45) is 4.14. The van der Waals surface area contributed by atoms with Gasteiger partial charge in [0.2, 0.25) is 0 Å². The highest BCUT2D eigenvalue weighted by Crippen LogP contribution is 2.33. The van der Waals surface area contributed by atoms with Crippen LogP contribution in [0.4, 0.5) is 4.39 Å². The average Bonchev–Trinajstić information content (AvgIpc) is 3.25. The Bertz CT molecular complexity index is 724. The van der Waals surface area contributed by atoms with Gasteiger partial charge in [-0.05, 0) is 12.5 Å². The number of aromatic amines is 1. The Morgan fingerprint density at radius 3 is 3.12 bits per heavy atom. The standard InChI is InChI=1S/C16H17ClFN3O3/c1-23-11-4-12(14(18)13(17)5-11)16(22)19-6-9-2-3-24-15(9)10-7-20-21-8-10/h4-5,7-9,15H,2-3,6H2,1H3,(H,19,22)(H,20,21)/t9-,15+/m1/s1. The fourth-order valence-corrected chi connectivity index (χ4v) is 3.00. The predicted molar refractivity (Wildman–Crippen MR) is 85.7 cm³/mol. The van der Waals surface area contributed by atoms with Crippen molar-refractivity contribution in [2.75, 3.05) is 20.3 Å². The zero-order valence-electron chi connectivity index (χ0n) is 13.0. The smallest absolute Gasteiger partial charge is 0.254 e. The maximum absolute atomic E-state index is 14.1. The van der Waals surface area contributed by atoms with Crippen LogP contribution in [0.1, 0.15) is 28.4 Å². The molecule has 2 atom stereocenters. The van der Waals surface area contributed by atoms with Crippen LogP contribution in [-0.4, -0.2) is 36.4 Å². The Kier molecular flexibility index (Phi) is 5.01. The van der Waals surface area contributed by atoms with Crippen LogP contribution in [0.25, 0.3) is 0 Å². The quantitative estimate of drug-likeness (QED) is 0.866. The van der Waals surface area contributed by atoms with Gasteiger partial charge in [0, 0.05) is 36.9 Å². The zero-order chi connectivity index (χ0) is 17.1. The van der Waals surface area contributed by atoms with Gasteiger partial charge in [-0.2, -0.15) is 5.10 Å². The van der Waals surface area contributed by atoms with E-state index in [0.717, 1.165) is 12.0 Å². The van der Waals surface area contributed by atoms with Crippen molar-refractivity contribution in [2.24, 2.45) is 5.92 Å². The van der Waals surface area contributed by atoms with Crippen LogP contribution < -0.4 is 10.1 Å². The molecule has 0 bridgehead atoms. The van der Waals surface area contributed by atoms with Crippen LogP contribution in [0.15, 0.2) is 24.5 Å². The Balaban J connectivity index is 1.68. The molecule has 2 aromatic rings. The molecule has 1 fully saturated rings. The largest absolute Gasteiger partial charge is 0.497 e. The summed E-state index contributed by atoms with van der Waals surface area (Å²) >= 11 is 5.79. The van der Waals surface area contributed by atoms with Gasteiger partial charge >= 0.3 is 0 Å². The van der Waals surface area contributed by atoms with Gasteiger partial charge in [-0.15, -0.1) is 0 Å². The Hall–Kier alpha value is -2.12. The number of hydrogen-bond acceptors (Lipinski definition) is 4. The molecule has 0 spiro atoms. The van der Waals surface area contributed by atoms with Crippen molar-refractivity contribution < 1.29 is 18.7 Å². The van der Waals surface area contributed by atoms with Crippen molar-refractivity contribution >= 4 is 17.5 Å². The predicted octanol–water partition coefficient (Wildman–Crippen LogP) is 2.72. The van der Waals surface area contributed by atoms with E-state index in [-0.39, 0.29) is 22.6 Å². The van der Waals surface area contributed by atoms with Crippen molar-refractivity contribution in [3.05, 3.63) is 46.5 Å². The first-order valence-electron chi connectivity index (χ1n) is 7.51. The number of methoxy groups -OCH3 is 1. The number of carbonyl (C=O) groups excluding carboxylic acids is 1. The van der Waals surface area contributed by atoms with E-state index in [1.807, 2.05) is 0 Å². The first-order chi connectivity index (χ1) is 11.6. The van der Waals surface area contributed by atoms with Gasteiger partial charge in [-0.3, -0.25) is 9.89 Å². The molecule has 1 amide bonds. The summed E-state index contributed by atoms with van der Waals surface area (Å²) in [5.41, 5.74) is 0.792. The van der Waals surface area contributed by atoms with E-state index in [9.17, 15) is 9.18 Å². The SMILES string of the molecule is COc1cc(Cl)c(F)c(C(=O)NC[C@H]2CCO[C@@H]2c2cn[nH]c2)c1. The number of nitrogens with zero attached hydrogens (tertiary/aromatic N) is 1. The molecule has 1 aliphatic rings. The summed E-state index contributed by atoms with van der Waals surface area (Å²) in [4.78, 5) is 12.3. The van der Waals surface area contributed by atoms with E-state index in [0.29, 0.717) is 18.9 Å². The van der Waals surface area contributed by atoms with E-state index in [4.69, 9.17) is 21.1 Å². The normalized spacial score (nSPS) is 20.1. The Morgan fingerprint density at radius 1 is 1.58 bits per heavy atom. The topological polar surface area (TPSA) is 76.2 Å². The highest BCUT2D eigenvalue weighted by Gasteiger charge is 2.31. The van der Waals surface area contributed by atoms with Gasteiger partial charge in [-0.1, -0.05) is 11.6 Å². The third-order valence-electron chi connectivity index (χ3n) is 4.07. The molecule has 0 aliphatic carbocycles. The van der Waals surface area contributed by atoms with Gasteiger partial charge in [-0.25, -0.2) is 4.39 Å². The maximum atomic E-state index is 14.1. The van der Waals surface area contributed by atoms with Crippen LogP contribution in [0, 0.1) is 11.7 Å².